The highest BCUT2D eigenvalue weighted by atomic mass is 16.4. The molecule has 2 heteroatoms. The van der Waals surface area contributed by atoms with Gasteiger partial charge in [0.15, 0.2) is 0 Å². The van der Waals surface area contributed by atoms with Gasteiger partial charge in [0.25, 0.3) is 0 Å². The summed E-state index contributed by atoms with van der Waals surface area (Å²) in [5, 5.41) is 10.7. The van der Waals surface area contributed by atoms with Crippen molar-refractivity contribution in [3.63, 3.8) is 0 Å². The van der Waals surface area contributed by atoms with E-state index in [2.05, 4.69) is 0 Å². The second kappa shape index (κ2) is 3.46. The van der Waals surface area contributed by atoms with Crippen LogP contribution in [0.1, 0.15) is 30.8 Å². The highest BCUT2D eigenvalue weighted by Crippen LogP contribution is 2.25. The van der Waals surface area contributed by atoms with Crippen molar-refractivity contribution in [3.05, 3.63) is 35.6 Å². The summed E-state index contributed by atoms with van der Waals surface area (Å²) in [6.45, 7) is 3.96. The standard InChI is InChI=1S/C12H14O2/c1-3-10(13)12-7-9-5-4-8(2)6-11(9)14-12/h4-7,10,13H,3H2,1-2H3/t10-/m0/s1. The number of benzene rings is 1. The summed E-state index contributed by atoms with van der Waals surface area (Å²) in [6, 6.07) is 7.95. The topological polar surface area (TPSA) is 33.4 Å². The second-order valence-electron chi connectivity index (χ2n) is 3.61. The van der Waals surface area contributed by atoms with Crippen molar-refractivity contribution in [2.24, 2.45) is 0 Å². The number of aliphatic hydroxyl groups excluding tert-OH is 1. The van der Waals surface area contributed by atoms with Gasteiger partial charge in [0.2, 0.25) is 0 Å². The van der Waals surface area contributed by atoms with Crippen LogP contribution >= 0.6 is 0 Å². The van der Waals surface area contributed by atoms with Crippen LogP contribution in [-0.4, -0.2) is 5.11 Å². The highest BCUT2D eigenvalue weighted by Gasteiger charge is 2.10. The van der Waals surface area contributed by atoms with Gasteiger partial charge in [-0.2, -0.15) is 0 Å². The van der Waals surface area contributed by atoms with E-state index in [0.29, 0.717) is 12.2 Å². The maximum absolute atomic E-state index is 9.61. The largest absolute Gasteiger partial charge is 0.458 e. The predicted molar refractivity (Wildman–Crippen MR) is 56.2 cm³/mol. The van der Waals surface area contributed by atoms with E-state index in [1.165, 1.54) is 5.56 Å². The van der Waals surface area contributed by atoms with Crippen LogP contribution in [0.25, 0.3) is 11.0 Å². The Labute approximate surface area is 83.2 Å². The summed E-state index contributed by atoms with van der Waals surface area (Å²) >= 11 is 0. The number of furan rings is 1. The zero-order valence-corrected chi connectivity index (χ0v) is 8.45. The summed E-state index contributed by atoms with van der Waals surface area (Å²) in [5.74, 6) is 0.660. The van der Waals surface area contributed by atoms with Crippen LogP contribution in [0.4, 0.5) is 0 Å². The quantitative estimate of drug-likeness (QED) is 0.789. The molecule has 0 fully saturated rings. The summed E-state index contributed by atoms with van der Waals surface area (Å²) < 4.78 is 5.55. The van der Waals surface area contributed by atoms with Crippen LogP contribution in [0.2, 0.25) is 0 Å². The molecule has 1 aromatic carbocycles. The number of hydrogen-bond donors (Lipinski definition) is 1. The smallest absolute Gasteiger partial charge is 0.134 e. The number of aryl methyl sites for hydroxylation is 1. The minimum Gasteiger partial charge on any atom is -0.458 e. The number of aliphatic hydroxyl groups is 1. The molecule has 2 aromatic rings. The third-order valence-electron chi connectivity index (χ3n) is 2.41. The molecule has 0 spiro atoms. The molecule has 2 rings (SSSR count). The van der Waals surface area contributed by atoms with E-state index >= 15 is 0 Å². The van der Waals surface area contributed by atoms with Crippen LogP contribution in [0.5, 0.6) is 0 Å². The molecule has 0 amide bonds. The van der Waals surface area contributed by atoms with Crippen LogP contribution < -0.4 is 0 Å². The summed E-state index contributed by atoms with van der Waals surface area (Å²) in [6.07, 6.45) is 0.196. The first-order chi connectivity index (χ1) is 6.70. The number of hydrogen-bond acceptors (Lipinski definition) is 2. The van der Waals surface area contributed by atoms with Gasteiger partial charge < -0.3 is 9.52 Å². The first-order valence-corrected chi connectivity index (χ1v) is 4.89. The molecular weight excluding hydrogens is 176 g/mol. The van der Waals surface area contributed by atoms with E-state index in [4.69, 9.17) is 4.42 Å². The third kappa shape index (κ3) is 1.53. The molecule has 1 heterocycles. The molecule has 0 saturated heterocycles. The Morgan fingerprint density at radius 1 is 1.36 bits per heavy atom. The van der Waals surface area contributed by atoms with Crippen LogP contribution in [0, 0.1) is 6.92 Å². The van der Waals surface area contributed by atoms with Gasteiger partial charge in [-0.15, -0.1) is 0 Å². The molecule has 0 saturated carbocycles. The van der Waals surface area contributed by atoms with Crippen molar-refractivity contribution in [1.82, 2.24) is 0 Å². The van der Waals surface area contributed by atoms with Gasteiger partial charge in [-0.1, -0.05) is 19.1 Å². The predicted octanol–water partition coefficient (Wildman–Crippen LogP) is 3.18. The Bertz CT molecular complexity index is 443. The molecule has 14 heavy (non-hydrogen) atoms. The van der Waals surface area contributed by atoms with Gasteiger partial charge in [-0.05, 0) is 31.0 Å². The van der Waals surface area contributed by atoms with Crippen molar-refractivity contribution < 1.29 is 9.52 Å². The van der Waals surface area contributed by atoms with Gasteiger partial charge in [0.1, 0.15) is 17.4 Å². The van der Waals surface area contributed by atoms with E-state index in [1.54, 1.807) is 0 Å². The molecular formula is C12H14O2. The van der Waals surface area contributed by atoms with Crippen LogP contribution in [0.15, 0.2) is 28.7 Å². The molecule has 1 atom stereocenters. The van der Waals surface area contributed by atoms with Crippen molar-refractivity contribution in [2.45, 2.75) is 26.4 Å². The molecule has 1 aromatic heterocycles. The monoisotopic (exact) mass is 190 g/mol. The van der Waals surface area contributed by atoms with Gasteiger partial charge in [0.05, 0.1) is 0 Å². The van der Waals surface area contributed by atoms with Crippen LogP contribution in [-0.2, 0) is 0 Å². The average molecular weight is 190 g/mol. The Kier molecular flexibility index (Phi) is 2.30. The lowest BCUT2D eigenvalue weighted by Crippen LogP contribution is -1.90. The minimum atomic E-state index is -0.484. The van der Waals surface area contributed by atoms with Crippen molar-refractivity contribution in [3.8, 4) is 0 Å². The van der Waals surface area contributed by atoms with Gasteiger partial charge in [0, 0.05) is 5.39 Å². The number of fused-ring (bicyclic) bond motifs is 1. The Balaban J connectivity index is 2.51. The Hall–Kier alpha value is -1.28. The van der Waals surface area contributed by atoms with Crippen molar-refractivity contribution in [2.75, 3.05) is 0 Å². The Morgan fingerprint density at radius 3 is 2.86 bits per heavy atom. The molecule has 2 nitrogen and oxygen atoms in total. The second-order valence-corrected chi connectivity index (χ2v) is 3.61. The average Bonchev–Trinajstić information content (AvgIpc) is 2.59. The summed E-state index contributed by atoms with van der Waals surface area (Å²) in [7, 11) is 0. The van der Waals surface area contributed by atoms with Crippen LogP contribution in [0.3, 0.4) is 0 Å². The zero-order valence-electron chi connectivity index (χ0n) is 8.45. The maximum Gasteiger partial charge on any atom is 0.134 e. The summed E-state index contributed by atoms with van der Waals surface area (Å²) in [5.41, 5.74) is 2.02. The lowest BCUT2D eigenvalue weighted by molar-refractivity contribution is 0.148. The van der Waals surface area contributed by atoms with Gasteiger partial charge in [-0.3, -0.25) is 0 Å². The van der Waals surface area contributed by atoms with Gasteiger partial charge >= 0.3 is 0 Å². The van der Waals surface area contributed by atoms with E-state index in [0.717, 1.165) is 11.0 Å². The molecule has 0 radical (unpaired) electrons. The fourth-order valence-electron chi connectivity index (χ4n) is 1.52. The van der Waals surface area contributed by atoms with Crippen molar-refractivity contribution >= 4 is 11.0 Å². The van der Waals surface area contributed by atoms with E-state index in [1.807, 2.05) is 38.1 Å². The van der Waals surface area contributed by atoms with Gasteiger partial charge in [-0.25, -0.2) is 0 Å². The molecule has 74 valence electrons. The molecule has 0 unspecified atom stereocenters. The fourth-order valence-corrected chi connectivity index (χ4v) is 1.52. The SMILES string of the molecule is CC[C@H](O)c1cc2ccc(C)cc2o1. The first-order valence-electron chi connectivity index (χ1n) is 4.89. The zero-order chi connectivity index (χ0) is 10.1. The molecule has 0 aliphatic heterocycles. The third-order valence-corrected chi connectivity index (χ3v) is 2.41. The van der Waals surface area contributed by atoms with E-state index in [9.17, 15) is 5.11 Å². The van der Waals surface area contributed by atoms with E-state index in [-0.39, 0.29) is 0 Å². The lowest BCUT2D eigenvalue weighted by atomic mass is 10.1. The minimum absolute atomic E-state index is 0.484. The molecule has 1 N–H and O–H groups in total. The molecule has 0 aliphatic carbocycles. The van der Waals surface area contributed by atoms with E-state index < -0.39 is 6.10 Å². The normalized spacial score (nSPS) is 13.4. The first kappa shape index (κ1) is 9.28. The Morgan fingerprint density at radius 2 is 2.14 bits per heavy atom. The fraction of sp³-hybridized carbons (Fsp3) is 0.333. The highest BCUT2D eigenvalue weighted by molar-refractivity contribution is 5.78. The van der Waals surface area contributed by atoms with Crippen molar-refractivity contribution in [1.29, 1.82) is 0 Å². The summed E-state index contributed by atoms with van der Waals surface area (Å²) in [4.78, 5) is 0. The molecule has 0 bridgehead atoms. The molecule has 0 aliphatic rings. The number of rotatable bonds is 2. The lowest BCUT2D eigenvalue weighted by Gasteiger charge is -2.00. The maximum atomic E-state index is 9.61.